The van der Waals surface area contributed by atoms with E-state index in [0.717, 1.165) is 6.42 Å². The summed E-state index contributed by atoms with van der Waals surface area (Å²) in [6.07, 6.45) is 0.428. The molecule has 0 N–H and O–H groups in total. The second-order valence-electron chi connectivity index (χ2n) is 3.07. The number of hydrogen-bond acceptors (Lipinski definition) is 3. The van der Waals surface area contributed by atoms with Gasteiger partial charge in [0.05, 0.1) is 6.61 Å². The molecule has 0 spiro atoms. The molecule has 12 heavy (non-hydrogen) atoms. The van der Waals surface area contributed by atoms with Gasteiger partial charge in [0.15, 0.2) is 6.10 Å². The van der Waals surface area contributed by atoms with Gasteiger partial charge in [0, 0.05) is 7.11 Å². The lowest BCUT2D eigenvalue weighted by atomic mass is 10.1. The third kappa shape index (κ3) is 3.72. The summed E-state index contributed by atoms with van der Waals surface area (Å²) in [4.78, 5) is 11.2. The van der Waals surface area contributed by atoms with E-state index in [1.54, 1.807) is 0 Å². The Kier molecular flexibility index (Phi) is 5.72. The van der Waals surface area contributed by atoms with E-state index in [1.807, 2.05) is 20.8 Å². The number of esters is 1. The molecule has 0 rings (SSSR count). The minimum Gasteiger partial charge on any atom is -0.464 e. The summed E-state index contributed by atoms with van der Waals surface area (Å²) in [7, 11) is 1.53. The van der Waals surface area contributed by atoms with Crippen molar-refractivity contribution in [1.29, 1.82) is 0 Å². The molecular formula is C9H18O3. The van der Waals surface area contributed by atoms with Crippen LogP contribution in [0.2, 0.25) is 0 Å². The summed E-state index contributed by atoms with van der Waals surface area (Å²) in [5.41, 5.74) is 0. The number of ether oxygens (including phenoxy) is 2. The van der Waals surface area contributed by atoms with E-state index in [0.29, 0.717) is 6.61 Å². The number of hydrogen-bond donors (Lipinski definition) is 0. The molecule has 0 aliphatic rings. The van der Waals surface area contributed by atoms with E-state index in [2.05, 4.69) is 0 Å². The van der Waals surface area contributed by atoms with Crippen LogP contribution in [0.1, 0.15) is 27.2 Å². The van der Waals surface area contributed by atoms with Crippen molar-refractivity contribution in [3.05, 3.63) is 0 Å². The highest BCUT2D eigenvalue weighted by Crippen LogP contribution is 2.07. The third-order valence-electron chi connectivity index (χ3n) is 1.54. The Bertz CT molecular complexity index is 132. The molecule has 3 heteroatoms. The van der Waals surface area contributed by atoms with Gasteiger partial charge in [-0.15, -0.1) is 0 Å². The molecule has 0 saturated heterocycles. The Morgan fingerprint density at radius 2 is 2.00 bits per heavy atom. The number of rotatable bonds is 5. The Labute approximate surface area is 74.0 Å². The minimum atomic E-state index is -0.420. The molecule has 3 nitrogen and oxygen atoms in total. The Hall–Kier alpha value is -0.570. The van der Waals surface area contributed by atoms with E-state index in [4.69, 9.17) is 9.47 Å². The van der Waals surface area contributed by atoms with Crippen LogP contribution in [0.4, 0.5) is 0 Å². The molecular weight excluding hydrogens is 156 g/mol. The monoisotopic (exact) mass is 174 g/mol. The lowest BCUT2D eigenvalue weighted by Crippen LogP contribution is -2.30. The van der Waals surface area contributed by atoms with E-state index in [1.165, 1.54) is 7.11 Å². The average molecular weight is 174 g/mol. The van der Waals surface area contributed by atoms with E-state index in [-0.39, 0.29) is 11.9 Å². The maximum atomic E-state index is 11.2. The van der Waals surface area contributed by atoms with Gasteiger partial charge in [0.25, 0.3) is 0 Å². The van der Waals surface area contributed by atoms with E-state index >= 15 is 0 Å². The van der Waals surface area contributed by atoms with Crippen molar-refractivity contribution in [2.75, 3.05) is 13.7 Å². The van der Waals surface area contributed by atoms with Crippen molar-refractivity contribution in [3.63, 3.8) is 0 Å². The van der Waals surface area contributed by atoms with Gasteiger partial charge in [-0.2, -0.15) is 0 Å². The van der Waals surface area contributed by atoms with E-state index in [9.17, 15) is 4.79 Å². The number of methoxy groups -OCH3 is 1. The quantitative estimate of drug-likeness (QED) is 0.594. The fraction of sp³-hybridized carbons (Fsp3) is 0.889. The van der Waals surface area contributed by atoms with Crippen LogP contribution in [0.15, 0.2) is 0 Å². The van der Waals surface area contributed by atoms with Crippen molar-refractivity contribution in [2.24, 2.45) is 5.92 Å². The first-order valence-electron chi connectivity index (χ1n) is 4.32. The molecule has 0 aromatic rings. The summed E-state index contributed by atoms with van der Waals surface area (Å²) in [6.45, 7) is 6.30. The van der Waals surface area contributed by atoms with Crippen molar-refractivity contribution in [3.8, 4) is 0 Å². The molecule has 0 aromatic heterocycles. The third-order valence-corrected chi connectivity index (χ3v) is 1.54. The Morgan fingerprint density at radius 3 is 2.33 bits per heavy atom. The maximum Gasteiger partial charge on any atom is 0.335 e. The van der Waals surface area contributed by atoms with Crippen LogP contribution >= 0.6 is 0 Å². The van der Waals surface area contributed by atoms with Crippen LogP contribution < -0.4 is 0 Å². The molecule has 0 bridgehead atoms. The van der Waals surface area contributed by atoms with Crippen LogP contribution in [-0.2, 0) is 14.3 Å². The SMILES string of the molecule is CCCOC(=O)C(OC)C(C)C. The molecule has 72 valence electrons. The summed E-state index contributed by atoms with van der Waals surface area (Å²) in [5.74, 6) is -0.0892. The number of carbonyl (C=O) groups excluding carboxylic acids is 1. The second-order valence-corrected chi connectivity index (χ2v) is 3.07. The average Bonchev–Trinajstić information content (AvgIpc) is 2.01. The molecule has 1 atom stereocenters. The van der Waals surface area contributed by atoms with Gasteiger partial charge < -0.3 is 9.47 Å². The molecule has 0 amide bonds. The molecule has 0 fully saturated rings. The van der Waals surface area contributed by atoms with Crippen LogP contribution in [0.3, 0.4) is 0 Å². The Morgan fingerprint density at radius 1 is 1.42 bits per heavy atom. The van der Waals surface area contributed by atoms with Gasteiger partial charge in [-0.25, -0.2) is 4.79 Å². The van der Waals surface area contributed by atoms with E-state index < -0.39 is 6.10 Å². The first kappa shape index (κ1) is 11.4. The highest BCUT2D eigenvalue weighted by atomic mass is 16.6. The zero-order chi connectivity index (χ0) is 9.56. The van der Waals surface area contributed by atoms with Crippen LogP contribution in [0.5, 0.6) is 0 Å². The highest BCUT2D eigenvalue weighted by Gasteiger charge is 2.22. The Balaban J connectivity index is 3.86. The van der Waals surface area contributed by atoms with Gasteiger partial charge in [-0.05, 0) is 12.3 Å². The molecule has 0 heterocycles. The molecule has 1 unspecified atom stereocenters. The normalized spacial score (nSPS) is 13.1. The summed E-state index contributed by atoms with van der Waals surface area (Å²) >= 11 is 0. The summed E-state index contributed by atoms with van der Waals surface area (Å²) < 4.78 is 9.94. The van der Waals surface area contributed by atoms with Crippen LogP contribution in [-0.4, -0.2) is 25.8 Å². The smallest absolute Gasteiger partial charge is 0.335 e. The zero-order valence-electron chi connectivity index (χ0n) is 8.29. The van der Waals surface area contributed by atoms with Gasteiger partial charge in [-0.3, -0.25) is 0 Å². The first-order chi connectivity index (χ1) is 5.63. The van der Waals surface area contributed by atoms with Gasteiger partial charge in [0.1, 0.15) is 0 Å². The lowest BCUT2D eigenvalue weighted by molar-refractivity contribution is -0.158. The zero-order valence-corrected chi connectivity index (χ0v) is 8.29. The van der Waals surface area contributed by atoms with Crippen molar-refractivity contribution in [2.45, 2.75) is 33.3 Å². The molecule has 0 aliphatic carbocycles. The lowest BCUT2D eigenvalue weighted by Gasteiger charge is -2.17. The number of carbonyl (C=O) groups is 1. The topological polar surface area (TPSA) is 35.5 Å². The highest BCUT2D eigenvalue weighted by molar-refractivity contribution is 5.74. The van der Waals surface area contributed by atoms with Gasteiger partial charge in [0.2, 0.25) is 0 Å². The molecule has 0 aliphatic heterocycles. The first-order valence-corrected chi connectivity index (χ1v) is 4.32. The van der Waals surface area contributed by atoms with Crippen molar-refractivity contribution >= 4 is 5.97 Å². The predicted octanol–water partition coefficient (Wildman–Crippen LogP) is 1.61. The maximum absolute atomic E-state index is 11.2. The summed E-state index contributed by atoms with van der Waals surface area (Å²) in [6, 6.07) is 0. The van der Waals surface area contributed by atoms with Crippen molar-refractivity contribution < 1.29 is 14.3 Å². The fourth-order valence-corrected chi connectivity index (χ4v) is 0.925. The fourth-order valence-electron chi connectivity index (χ4n) is 0.925. The second kappa shape index (κ2) is 6.00. The molecule has 0 radical (unpaired) electrons. The van der Waals surface area contributed by atoms with Crippen LogP contribution in [0, 0.1) is 5.92 Å². The predicted molar refractivity (Wildman–Crippen MR) is 46.9 cm³/mol. The van der Waals surface area contributed by atoms with Gasteiger partial charge in [-0.1, -0.05) is 20.8 Å². The molecule has 0 saturated carbocycles. The van der Waals surface area contributed by atoms with Crippen molar-refractivity contribution in [1.82, 2.24) is 0 Å². The largest absolute Gasteiger partial charge is 0.464 e. The molecule has 0 aromatic carbocycles. The van der Waals surface area contributed by atoms with Gasteiger partial charge >= 0.3 is 5.97 Å². The van der Waals surface area contributed by atoms with Crippen LogP contribution in [0.25, 0.3) is 0 Å². The standard InChI is InChI=1S/C9H18O3/c1-5-6-12-9(10)8(11-4)7(2)3/h7-8H,5-6H2,1-4H3. The summed E-state index contributed by atoms with van der Waals surface area (Å²) in [5, 5.41) is 0. The minimum absolute atomic E-state index is 0.166.